The van der Waals surface area contributed by atoms with E-state index in [2.05, 4.69) is 5.32 Å². The first-order valence-electron chi connectivity index (χ1n) is 5.45. The molecule has 16 heavy (non-hydrogen) atoms. The minimum atomic E-state index is -0.948. The summed E-state index contributed by atoms with van der Waals surface area (Å²) in [5.41, 5.74) is 3.94. The third-order valence-electron chi connectivity index (χ3n) is 2.60. The summed E-state index contributed by atoms with van der Waals surface area (Å²) in [6.07, 6.45) is 0.479. The van der Waals surface area contributed by atoms with Crippen molar-refractivity contribution in [3.8, 4) is 0 Å². The molecular weight excluding hydrogens is 208 g/mol. The first-order chi connectivity index (χ1) is 7.25. The fourth-order valence-corrected chi connectivity index (χ4v) is 1.01. The molecule has 4 N–H and O–H groups in total. The van der Waals surface area contributed by atoms with Crippen LogP contribution in [-0.2, 0) is 9.53 Å². The van der Waals surface area contributed by atoms with E-state index in [1.165, 1.54) is 0 Å². The van der Waals surface area contributed by atoms with Crippen LogP contribution in [0.1, 0.15) is 27.2 Å². The molecule has 0 aliphatic carbocycles. The van der Waals surface area contributed by atoms with Gasteiger partial charge in [-0.3, -0.25) is 4.79 Å². The third-order valence-corrected chi connectivity index (χ3v) is 2.60. The first kappa shape index (κ1) is 15.3. The molecule has 0 aromatic rings. The van der Waals surface area contributed by atoms with Crippen LogP contribution in [0.2, 0.25) is 0 Å². The molecule has 1 unspecified atom stereocenters. The molecule has 5 nitrogen and oxygen atoms in total. The topological polar surface area (TPSA) is 84.6 Å². The molecule has 1 atom stereocenters. The van der Waals surface area contributed by atoms with Crippen molar-refractivity contribution >= 4 is 5.91 Å². The zero-order valence-electron chi connectivity index (χ0n) is 10.7. The van der Waals surface area contributed by atoms with Gasteiger partial charge in [-0.2, -0.15) is 0 Å². The second-order valence-corrected chi connectivity index (χ2v) is 5.01. The third kappa shape index (κ3) is 5.44. The van der Waals surface area contributed by atoms with Crippen molar-refractivity contribution in [3.63, 3.8) is 0 Å². The maximum atomic E-state index is 11.7. The van der Waals surface area contributed by atoms with E-state index in [1.807, 2.05) is 0 Å². The molecule has 96 valence electrons. The van der Waals surface area contributed by atoms with Crippen molar-refractivity contribution in [1.29, 1.82) is 0 Å². The fraction of sp³-hybridized carbons (Fsp3) is 0.909. The van der Waals surface area contributed by atoms with Gasteiger partial charge in [0.2, 0.25) is 5.91 Å². The number of ether oxygens (including phenoxy) is 1. The molecule has 0 spiro atoms. The number of nitrogens with one attached hydrogen (secondary N) is 1. The zero-order chi connectivity index (χ0) is 12.8. The lowest BCUT2D eigenvalue weighted by molar-refractivity contribution is -0.130. The predicted octanol–water partition coefficient (Wildman–Crippen LogP) is -0.125. The van der Waals surface area contributed by atoms with E-state index in [-0.39, 0.29) is 19.0 Å². The van der Waals surface area contributed by atoms with E-state index in [9.17, 15) is 9.90 Å². The Bertz CT molecular complexity index is 227. The van der Waals surface area contributed by atoms with Crippen molar-refractivity contribution in [2.24, 2.45) is 11.1 Å². The summed E-state index contributed by atoms with van der Waals surface area (Å²) in [6.45, 7) is 6.15. The van der Waals surface area contributed by atoms with Crippen molar-refractivity contribution in [2.75, 3.05) is 26.8 Å². The molecule has 0 aliphatic rings. The summed E-state index contributed by atoms with van der Waals surface area (Å²) in [7, 11) is 1.58. The van der Waals surface area contributed by atoms with Gasteiger partial charge in [-0.05, 0) is 20.8 Å². The van der Waals surface area contributed by atoms with E-state index in [0.717, 1.165) is 0 Å². The minimum absolute atomic E-state index is 0.146. The average molecular weight is 232 g/mol. The Morgan fingerprint density at radius 2 is 2.00 bits per heavy atom. The largest absolute Gasteiger partial charge is 0.388 e. The molecule has 0 rings (SSSR count). The molecule has 0 saturated heterocycles. The Kier molecular flexibility index (Phi) is 5.92. The minimum Gasteiger partial charge on any atom is -0.388 e. The Balaban J connectivity index is 4.09. The normalized spacial score (nSPS) is 15.6. The second-order valence-electron chi connectivity index (χ2n) is 5.01. The SMILES string of the molecule is COCCC(C)(O)CNC(=O)C(C)(C)CN. The lowest BCUT2D eigenvalue weighted by atomic mass is 9.92. The smallest absolute Gasteiger partial charge is 0.227 e. The number of carbonyl (C=O) groups excluding carboxylic acids is 1. The lowest BCUT2D eigenvalue weighted by Gasteiger charge is -2.27. The lowest BCUT2D eigenvalue weighted by Crippen LogP contribution is -2.48. The molecule has 0 aromatic heterocycles. The molecule has 0 radical (unpaired) electrons. The van der Waals surface area contributed by atoms with E-state index >= 15 is 0 Å². The molecule has 0 aliphatic heterocycles. The van der Waals surface area contributed by atoms with Crippen LogP contribution in [0.4, 0.5) is 0 Å². The van der Waals surface area contributed by atoms with E-state index in [1.54, 1.807) is 27.9 Å². The van der Waals surface area contributed by atoms with E-state index in [4.69, 9.17) is 10.5 Å². The number of amides is 1. The quantitative estimate of drug-likeness (QED) is 0.571. The van der Waals surface area contributed by atoms with Gasteiger partial charge in [0.25, 0.3) is 0 Å². The number of nitrogens with two attached hydrogens (primary N) is 1. The highest BCUT2D eigenvalue weighted by Crippen LogP contribution is 2.14. The van der Waals surface area contributed by atoms with Crippen LogP contribution in [0.3, 0.4) is 0 Å². The van der Waals surface area contributed by atoms with E-state index < -0.39 is 11.0 Å². The maximum absolute atomic E-state index is 11.7. The number of methoxy groups -OCH3 is 1. The van der Waals surface area contributed by atoms with Gasteiger partial charge in [0.05, 0.1) is 11.0 Å². The molecule has 0 aromatic carbocycles. The van der Waals surface area contributed by atoms with Crippen molar-refractivity contribution in [3.05, 3.63) is 0 Å². The Morgan fingerprint density at radius 1 is 1.44 bits per heavy atom. The van der Waals surface area contributed by atoms with Gasteiger partial charge in [0, 0.05) is 33.2 Å². The average Bonchev–Trinajstić information content (AvgIpc) is 2.23. The summed E-state index contributed by atoms with van der Waals surface area (Å²) in [5, 5.41) is 12.6. The molecule has 0 heterocycles. The Hall–Kier alpha value is -0.650. The van der Waals surface area contributed by atoms with Gasteiger partial charge in [-0.1, -0.05) is 0 Å². The van der Waals surface area contributed by atoms with Gasteiger partial charge < -0.3 is 20.9 Å². The number of hydrogen-bond acceptors (Lipinski definition) is 4. The highest BCUT2D eigenvalue weighted by Gasteiger charge is 2.28. The van der Waals surface area contributed by atoms with Crippen molar-refractivity contribution in [1.82, 2.24) is 5.32 Å². The molecule has 1 amide bonds. The van der Waals surface area contributed by atoms with Crippen LogP contribution in [0.5, 0.6) is 0 Å². The summed E-state index contributed by atoms with van der Waals surface area (Å²) in [5.74, 6) is -0.146. The van der Waals surface area contributed by atoms with Gasteiger partial charge in [-0.25, -0.2) is 0 Å². The van der Waals surface area contributed by atoms with Crippen molar-refractivity contribution < 1.29 is 14.6 Å². The van der Waals surface area contributed by atoms with Crippen LogP contribution in [-0.4, -0.2) is 43.4 Å². The molecule has 5 heteroatoms. The zero-order valence-corrected chi connectivity index (χ0v) is 10.7. The van der Waals surface area contributed by atoms with Crippen molar-refractivity contribution in [2.45, 2.75) is 32.8 Å². The second kappa shape index (κ2) is 6.18. The van der Waals surface area contributed by atoms with Gasteiger partial charge in [0.15, 0.2) is 0 Å². The number of hydrogen-bond donors (Lipinski definition) is 3. The Labute approximate surface area is 97.3 Å². The number of carbonyl (C=O) groups is 1. The summed E-state index contributed by atoms with van der Waals surface area (Å²) in [4.78, 5) is 11.7. The van der Waals surface area contributed by atoms with Gasteiger partial charge in [-0.15, -0.1) is 0 Å². The standard InChI is InChI=1S/C11H24N2O3/c1-10(2,7-12)9(14)13-8-11(3,15)5-6-16-4/h15H,5-8,12H2,1-4H3,(H,13,14). The van der Waals surface area contributed by atoms with Crippen LogP contribution in [0, 0.1) is 5.41 Å². The first-order valence-corrected chi connectivity index (χ1v) is 5.45. The van der Waals surface area contributed by atoms with Crippen LogP contribution >= 0.6 is 0 Å². The highest BCUT2D eigenvalue weighted by molar-refractivity contribution is 5.82. The molecular formula is C11H24N2O3. The predicted molar refractivity (Wildman–Crippen MR) is 63.0 cm³/mol. The Morgan fingerprint density at radius 3 is 2.44 bits per heavy atom. The monoisotopic (exact) mass is 232 g/mol. The van der Waals surface area contributed by atoms with E-state index in [0.29, 0.717) is 13.0 Å². The van der Waals surface area contributed by atoms with Crippen LogP contribution < -0.4 is 11.1 Å². The summed E-state index contributed by atoms with van der Waals surface area (Å²) >= 11 is 0. The maximum Gasteiger partial charge on any atom is 0.227 e. The van der Waals surface area contributed by atoms with Crippen LogP contribution in [0.15, 0.2) is 0 Å². The molecule has 0 saturated carbocycles. The van der Waals surface area contributed by atoms with Crippen LogP contribution in [0.25, 0.3) is 0 Å². The molecule has 0 fully saturated rings. The highest BCUT2D eigenvalue weighted by atomic mass is 16.5. The summed E-state index contributed by atoms with van der Waals surface area (Å²) in [6, 6.07) is 0. The van der Waals surface area contributed by atoms with Gasteiger partial charge in [0.1, 0.15) is 0 Å². The fourth-order valence-electron chi connectivity index (χ4n) is 1.01. The number of rotatable bonds is 7. The molecule has 0 bridgehead atoms. The summed E-state index contributed by atoms with van der Waals surface area (Å²) < 4.78 is 4.88. The number of aliphatic hydroxyl groups is 1. The van der Waals surface area contributed by atoms with Gasteiger partial charge >= 0.3 is 0 Å².